The average molecular weight is 519 g/mol. The van der Waals surface area contributed by atoms with E-state index in [1.165, 1.54) is 24.3 Å². The monoisotopic (exact) mass is 518 g/mol. The number of aryl methyl sites for hydroxylation is 1. The van der Waals surface area contributed by atoms with Gasteiger partial charge in [0.15, 0.2) is 11.6 Å². The van der Waals surface area contributed by atoms with Crippen LogP contribution >= 0.6 is 11.6 Å². The Kier molecular flexibility index (Phi) is 5.68. The number of aromatic carboxylic acids is 1. The lowest BCUT2D eigenvalue weighted by Crippen LogP contribution is -2.03. The summed E-state index contributed by atoms with van der Waals surface area (Å²) in [6, 6.07) is 13.0. The standard InChI is InChI=1S/C28H20ClFN2O5/c1-14-3-2-4-19(29)24(14)25-18(27(37-32-25)15-5-6-15)13-35-23-10-9-21-26(31-23)20(30)11-16-7-8-17(28(33)34)12-22(16)36-21/h2-4,7-12,15H,5-6,13H2,1H3,(H,33,34). The second-order valence-electron chi connectivity index (χ2n) is 9.02. The molecule has 4 aromatic rings. The van der Waals surface area contributed by atoms with Gasteiger partial charge < -0.3 is 19.1 Å². The Morgan fingerprint density at radius 3 is 2.76 bits per heavy atom. The lowest BCUT2D eigenvalue weighted by molar-refractivity contribution is 0.0696. The maximum atomic E-state index is 15.1. The lowest BCUT2D eigenvalue weighted by atomic mass is 10.0. The molecule has 0 amide bonds. The van der Waals surface area contributed by atoms with Gasteiger partial charge in [-0.1, -0.05) is 35.0 Å². The first-order chi connectivity index (χ1) is 17.9. The normalized spacial score (nSPS) is 14.2. The van der Waals surface area contributed by atoms with Crippen molar-refractivity contribution < 1.29 is 28.3 Å². The number of aromatic nitrogens is 2. The molecule has 1 aliphatic carbocycles. The van der Waals surface area contributed by atoms with E-state index in [4.69, 9.17) is 25.6 Å². The molecule has 37 heavy (non-hydrogen) atoms. The number of halogens is 2. The first-order valence-electron chi connectivity index (χ1n) is 11.7. The third-order valence-electron chi connectivity index (χ3n) is 6.41. The summed E-state index contributed by atoms with van der Waals surface area (Å²) in [6.45, 7) is 2.06. The average Bonchev–Trinajstić information content (AvgIpc) is 3.65. The van der Waals surface area contributed by atoms with Crippen molar-refractivity contribution in [2.75, 3.05) is 0 Å². The molecule has 1 fully saturated rings. The number of benzene rings is 2. The van der Waals surface area contributed by atoms with Gasteiger partial charge in [-0.2, -0.15) is 0 Å². The van der Waals surface area contributed by atoms with Crippen molar-refractivity contribution in [1.82, 2.24) is 10.1 Å². The molecule has 0 atom stereocenters. The molecule has 0 unspecified atom stereocenters. The largest absolute Gasteiger partial charge is 0.478 e. The number of carboxylic acids is 1. The van der Waals surface area contributed by atoms with Gasteiger partial charge in [0.05, 0.1) is 16.1 Å². The summed E-state index contributed by atoms with van der Waals surface area (Å²) in [7, 11) is 0. The number of hydrogen-bond donors (Lipinski definition) is 1. The van der Waals surface area contributed by atoms with E-state index in [1.807, 2.05) is 19.1 Å². The molecule has 0 bridgehead atoms. The molecule has 2 aromatic carbocycles. The van der Waals surface area contributed by atoms with Crippen LogP contribution in [0.15, 0.2) is 53.1 Å². The van der Waals surface area contributed by atoms with Crippen LogP contribution < -0.4 is 9.47 Å². The van der Waals surface area contributed by atoms with E-state index in [-0.39, 0.29) is 41.2 Å². The summed E-state index contributed by atoms with van der Waals surface area (Å²) in [5.74, 6) is -0.117. The van der Waals surface area contributed by atoms with Gasteiger partial charge in [0.2, 0.25) is 5.88 Å². The number of nitrogens with zero attached hydrogens (tertiary/aromatic N) is 2. The number of hydrogen-bond acceptors (Lipinski definition) is 6. The molecule has 3 heterocycles. The van der Waals surface area contributed by atoms with Crippen molar-refractivity contribution in [2.45, 2.75) is 32.3 Å². The van der Waals surface area contributed by atoms with Crippen molar-refractivity contribution in [2.24, 2.45) is 0 Å². The quantitative estimate of drug-likeness (QED) is 0.283. The maximum Gasteiger partial charge on any atom is 0.335 e. The second kappa shape index (κ2) is 9.05. The smallest absolute Gasteiger partial charge is 0.335 e. The summed E-state index contributed by atoms with van der Waals surface area (Å²) in [5.41, 5.74) is 3.56. The molecule has 2 aromatic heterocycles. The Morgan fingerprint density at radius 1 is 1.16 bits per heavy atom. The third-order valence-corrected chi connectivity index (χ3v) is 6.73. The van der Waals surface area contributed by atoms with Crippen LogP contribution in [-0.4, -0.2) is 21.2 Å². The van der Waals surface area contributed by atoms with E-state index >= 15 is 4.39 Å². The van der Waals surface area contributed by atoms with Crippen LogP contribution in [0.25, 0.3) is 23.2 Å². The van der Waals surface area contributed by atoms with Gasteiger partial charge in [-0.3, -0.25) is 0 Å². The van der Waals surface area contributed by atoms with Crippen LogP contribution in [0.4, 0.5) is 4.39 Å². The van der Waals surface area contributed by atoms with E-state index in [2.05, 4.69) is 10.1 Å². The van der Waals surface area contributed by atoms with Crippen LogP contribution in [0.3, 0.4) is 0 Å². The SMILES string of the molecule is Cc1cccc(Cl)c1-c1noc(C2CC2)c1COc1ccc2c(n1)C(F)=Cc1ccc(C(=O)O)cc1O2. The zero-order chi connectivity index (χ0) is 25.7. The molecule has 0 saturated heterocycles. The fraction of sp³-hybridized carbons (Fsp3) is 0.179. The minimum atomic E-state index is -1.10. The van der Waals surface area contributed by atoms with Gasteiger partial charge in [0.1, 0.15) is 29.5 Å². The highest BCUT2D eigenvalue weighted by Crippen LogP contribution is 2.45. The van der Waals surface area contributed by atoms with E-state index in [0.717, 1.165) is 35.3 Å². The molecule has 2 aliphatic rings. The van der Waals surface area contributed by atoms with Crippen LogP contribution in [0, 0.1) is 6.92 Å². The topological polar surface area (TPSA) is 94.7 Å². The Bertz CT molecular complexity index is 1570. The molecule has 0 spiro atoms. The Labute approximate surface area is 216 Å². The number of rotatable bonds is 6. The fourth-order valence-electron chi connectivity index (χ4n) is 4.36. The number of carbonyl (C=O) groups is 1. The van der Waals surface area contributed by atoms with Crippen molar-refractivity contribution in [1.29, 1.82) is 0 Å². The lowest BCUT2D eigenvalue weighted by Gasteiger charge is -2.12. The molecule has 0 radical (unpaired) electrons. The zero-order valence-corrected chi connectivity index (χ0v) is 20.4. The number of pyridine rings is 1. The molecular weight excluding hydrogens is 499 g/mol. The van der Waals surface area contributed by atoms with Gasteiger partial charge in [-0.15, -0.1) is 0 Å². The molecule has 1 saturated carbocycles. The van der Waals surface area contributed by atoms with Crippen molar-refractivity contribution in [3.8, 4) is 28.6 Å². The van der Waals surface area contributed by atoms with E-state index in [9.17, 15) is 9.90 Å². The number of carboxylic acid groups (broad SMARTS) is 1. The van der Waals surface area contributed by atoms with Crippen molar-refractivity contribution in [3.63, 3.8) is 0 Å². The molecule has 7 nitrogen and oxygen atoms in total. The van der Waals surface area contributed by atoms with Gasteiger partial charge in [0, 0.05) is 23.1 Å². The summed E-state index contributed by atoms with van der Waals surface area (Å²) in [5, 5.41) is 14.2. The minimum absolute atomic E-state index is 0.0358. The van der Waals surface area contributed by atoms with Crippen molar-refractivity contribution in [3.05, 3.63) is 87.3 Å². The molecule has 186 valence electrons. The Morgan fingerprint density at radius 2 is 2.00 bits per heavy atom. The van der Waals surface area contributed by atoms with Gasteiger partial charge >= 0.3 is 5.97 Å². The zero-order valence-electron chi connectivity index (χ0n) is 19.6. The van der Waals surface area contributed by atoms with Crippen LogP contribution in [0.2, 0.25) is 5.02 Å². The first kappa shape index (κ1) is 23.2. The summed E-state index contributed by atoms with van der Waals surface area (Å²) in [4.78, 5) is 15.7. The minimum Gasteiger partial charge on any atom is -0.478 e. The fourth-order valence-corrected chi connectivity index (χ4v) is 4.67. The molecule has 1 N–H and O–H groups in total. The Hall–Kier alpha value is -4.17. The highest BCUT2D eigenvalue weighted by molar-refractivity contribution is 6.33. The van der Waals surface area contributed by atoms with Gasteiger partial charge in [-0.25, -0.2) is 14.2 Å². The van der Waals surface area contributed by atoms with E-state index < -0.39 is 11.8 Å². The van der Waals surface area contributed by atoms with Crippen LogP contribution in [-0.2, 0) is 6.61 Å². The summed E-state index contributed by atoms with van der Waals surface area (Å²) in [6.07, 6.45) is 3.28. The van der Waals surface area contributed by atoms with Crippen LogP contribution in [0.5, 0.6) is 17.4 Å². The van der Waals surface area contributed by atoms with Crippen molar-refractivity contribution >= 4 is 29.5 Å². The summed E-state index contributed by atoms with van der Waals surface area (Å²) >= 11 is 6.50. The molecule has 9 heteroatoms. The molecule has 6 rings (SSSR count). The Balaban J connectivity index is 1.31. The number of fused-ring (bicyclic) bond motifs is 2. The maximum absolute atomic E-state index is 15.1. The molecule has 1 aliphatic heterocycles. The predicted molar refractivity (Wildman–Crippen MR) is 135 cm³/mol. The van der Waals surface area contributed by atoms with E-state index in [0.29, 0.717) is 16.3 Å². The number of ether oxygens (including phenoxy) is 2. The third kappa shape index (κ3) is 4.34. The van der Waals surface area contributed by atoms with Gasteiger partial charge in [0.25, 0.3) is 0 Å². The highest BCUT2D eigenvalue weighted by atomic mass is 35.5. The highest BCUT2D eigenvalue weighted by Gasteiger charge is 2.33. The summed E-state index contributed by atoms with van der Waals surface area (Å²) < 4.78 is 32.7. The second-order valence-corrected chi connectivity index (χ2v) is 9.42. The van der Waals surface area contributed by atoms with Gasteiger partial charge in [-0.05, 0) is 55.7 Å². The predicted octanol–water partition coefficient (Wildman–Crippen LogP) is 7.43. The first-order valence-corrected chi connectivity index (χ1v) is 12.1. The van der Waals surface area contributed by atoms with Crippen LogP contribution in [0.1, 0.15) is 57.3 Å². The molecular formula is C28H20ClFN2O5. The van der Waals surface area contributed by atoms with E-state index in [1.54, 1.807) is 18.2 Å².